The van der Waals surface area contributed by atoms with E-state index < -0.39 is 21.0 Å². The zero-order valence-electron chi connectivity index (χ0n) is 18.2. The van der Waals surface area contributed by atoms with Gasteiger partial charge in [-0.2, -0.15) is 9.97 Å². The number of fused-ring (bicyclic) bond motifs is 1. The van der Waals surface area contributed by atoms with Crippen LogP contribution < -0.4 is 20.7 Å². The first-order valence-corrected chi connectivity index (χ1v) is 10.8. The Hall–Kier alpha value is -2.18. The van der Waals surface area contributed by atoms with Gasteiger partial charge in [0, 0.05) is 13.2 Å². The molecule has 176 valence electrons. The molecule has 0 saturated carbocycles. The summed E-state index contributed by atoms with van der Waals surface area (Å²) < 4.78 is 30.6. The smallest absolute Gasteiger partial charge is 0.479 e. The number of aromatic nitrogens is 2. The average molecular weight is 463 g/mol. The summed E-state index contributed by atoms with van der Waals surface area (Å²) in [6.07, 6.45) is -1.70. The standard InChI is InChI=1S/C17H30N5O8P/c1-6-27-17(23)29-11(3)30-31(24)28-8-12(25-4)7-10(2)22-9-19-13-14(22)20-16(18)21-15(13)26-5/h10-12,19,24H,6-9H2,1-5H3,(H2,18,20,21). The fraction of sp³-hybridized carbons (Fsp3) is 0.706. The van der Waals surface area contributed by atoms with Gasteiger partial charge in [0.2, 0.25) is 18.1 Å². The maximum Gasteiger partial charge on any atom is 0.510 e. The Bertz CT molecular complexity index is 730. The van der Waals surface area contributed by atoms with Gasteiger partial charge in [0.1, 0.15) is 5.69 Å². The molecule has 2 heterocycles. The molecule has 0 aromatic carbocycles. The summed E-state index contributed by atoms with van der Waals surface area (Å²) in [6, 6.07) is -0.0155. The minimum Gasteiger partial charge on any atom is -0.479 e. The highest BCUT2D eigenvalue weighted by Gasteiger charge is 2.30. The molecule has 2 rings (SSSR count). The molecule has 4 N–H and O–H groups in total. The number of ether oxygens (including phenoxy) is 4. The van der Waals surface area contributed by atoms with Crippen LogP contribution in [0.5, 0.6) is 5.88 Å². The average Bonchev–Trinajstić information content (AvgIpc) is 3.14. The Labute approximate surface area is 182 Å². The van der Waals surface area contributed by atoms with E-state index in [-0.39, 0.29) is 31.3 Å². The van der Waals surface area contributed by atoms with Crippen molar-refractivity contribution in [2.45, 2.75) is 45.6 Å². The van der Waals surface area contributed by atoms with Gasteiger partial charge in [0.15, 0.2) is 5.82 Å². The lowest BCUT2D eigenvalue weighted by molar-refractivity contribution is -0.0614. The van der Waals surface area contributed by atoms with Crippen molar-refractivity contribution in [1.29, 1.82) is 0 Å². The molecule has 1 aromatic heterocycles. The van der Waals surface area contributed by atoms with Crippen LogP contribution in [0.4, 0.5) is 22.2 Å². The molecular formula is C17H30N5O8P. The number of methoxy groups -OCH3 is 2. The Kier molecular flexibility index (Phi) is 9.72. The van der Waals surface area contributed by atoms with E-state index in [1.165, 1.54) is 14.0 Å². The van der Waals surface area contributed by atoms with Crippen molar-refractivity contribution in [3.05, 3.63) is 0 Å². The van der Waals surface area contributed by atoms with Crippen molar-refractivity contribution in [1.82, 2.24) is 9.97 Å². The molecule has 4 atom stereocenters. The minimum absolute atomic E-state index is 0.0155. The second-order valence-corrected chi connectivity index (χ2v) is 7.49. The monoisotopic (exact) mass is 463 g/mol. The molecule has 0 bridgehead atoms. The molecular weight excluding hydrogens is 433 g/mol. The zero-order valence-corrected chi connectivity index (χ0v) is 19.1. The number of hydrogen-bond acceptors (Lipinski definition) is 13. The van der Waals surface area contributed by atoms with E-state index >= 15 is 0 Å². The summed E-state index contributed by atoms with van der Waals surface area (Å²) in [5, 5.41) is 3.21. The van der Waals surface area contributed by atoms with E-state index in [4.69, 9.17) is 29.0 Å². The molecule has 13 nitrogen and oxygen atoms in total. The third-order valence-corrected chi connectivity index (χ3v) is 5.22. The van der Waals surface area contributed by atoms with Gasteiger partial charge in [-0.05, 0) is 27.2 Å². The van der Waals surface area contributed by atoms with Gasteiger partial charge in [-0.15, -0.1) is 0 Å². The summed E-state index contributed by atoms with van der Waals surface area (Å²) >= 11 is 0. The summed E-state index contributed by atoms with van der Waals surface area (Å²) in [4.78, 5) is 31.6. The number of anilines is 3. The Morgan fingerprint density at radius 3 is 2.74 bits per heavy atom. The summed E-state index contributed by atoms with van der Waals surface area (Å²) in [6.45, 7) is 5.84. The van der Waals surface area contributed by atoms with Crippen molar-refractivity contribution in [3.63, 3.8) is 0 Å². The van der Waals surface area contributed by atoms with Crippen molar-refractivity contribution in [2.75, 3.05) is 50.1 Å². The van der Waals surface area contributed by atoms with Gasteiger partial charge in [-0.25, -0.2) is 4.79 Å². The molecule has 14 heteroatoms. The predicted octanol–water partition coefficient (Wildman–Crippen LogP) is 1.82. The Morgan fingerprint density at radius 1 is 1.35 bits per heavy atom. The second-order valence-electron chi connectivity index (χ2n) is 6.54. The van der Waals surface area contributed by atoms with E-state index in [9.17, 15) is 9.69 Å². The molecule has 1 aliphatic heterocycles. The van der Waals surface area contributed by atoms with Crippen LogP contribution in [0.15, 0.2) is 0 Å². The normalized spacial score (nSPS) is 16.6. The van der Waals surface area contributed by atoms with Crippen LogP contribution in [-0.2, 0) is 23.3 Å². The molecule has 0 fully saturated rings. The largest absolute Gasteiger partial charge is 0.510 e. The molecule has 4 unspecified atom stereocenters. The molecule has 31 heavy (non-hydrogen) atoms. The van der Waals surface area contributed by atoms with Crippen molar-refractivity contribution in [2.24, 2.45) is 0 Å². The minimum atomic E-state index is -2.28. The van der Waals surface area contributed by atoms with Gasteiger partial charge >= 0.3 is 14.8 Å². The summed E-state index contributed by atoms with van der Waals surface area (Å²) in [5.74, 6) is 1.14. The van der Waals surface area contributed by atoms with Crippen LogP contribution in [0.2, 0.25) is 0 Å². The van der Waals surface area contributed by atoms with E-state index in [1.807, 2.05) is 11.8 Å². The van der Waals surface area contributed by atoms with Crippen LogP contribution >= 0.6 is 8.60 Å². The first kappa shape index (κ1) is 25.1. The Balaban J connectivity index is 1.86. The quantitative estimate of drug-likeness (QED) is 0.234. The fourth-order valence-electron chi connectivity index (χ4n) is 2.91. The number of nitrogens with zero attached hydrogens (tertiary/aromatic N) is 3. The molecule has 0 amide bonds. The topological polar surface area (TPSA) is 160 Å². The van der Waals surface area contributed by atoms with Crippen LogP contribution in [0.25, 0.3) is 0 Å². The SMILES string of the molecule is CCOC(=O)OC(C)OP(O)OCC(CC(C)N1CNc2c(OC)nc(N)nc21)OC. The van der Waals surface area contributed by atoms with Crippen LogP contribution in [0.1, 0.15) is 27.2 Å². The Morgan fingerprint density at radius 2 is 2.10 bits per heavy atom. The fourth-order valence-corrected chi connectivity index (χ4v) is 3.56. The van der Waals surface area contributed by atoms with E-state index in [0.717, 1.165) is 0 Å². The van der Waals surface area contributed by atoms with Gasteiger partial charge in [0.25, 0.3) is 0 Å². The molecule has 1 aromatic rings. The van der Waals surface area contributed by atoms with Gasteiger partial charge in [-0.3, -0.25) is 4.52 Å². The van der Waals surface area contributed by atoms with Crippen molar-refractivity contribution < 1.29 is 37.7 Å². The number of carbonyl (C=O) groups excluding carboxylic acids is 1. The zero-order chi connectivity index (χ0) is 23.0. The van der Waals surface area contributed by atoms with Crippen molar-refractivity contribution in [3.8, 4) is 5.88 Å². The number of nitrogens with two attached hydrogens (primary N) is 1. The number of rotatable bonds is 12. The lowest BCUT2D eigenvalue weighted by atomic mass is 10.1. The maximum atomic E-state index is 11.2. The summed E-state index contributed by atoms with van der Waals surface area (Å²) in [5.41, 5.74) is 6.46. The van der Waals surface area contributed by atoms with Crippen LogP contribution in [0, 0.1) is 0 Å². The lowest BCUT2D eigenvalue weighted by Gasteiger charge is -2.28. The van der Waals surface area contributed by atoms with E-state index in [2.05, 4.69) is 20.0 Å². The number of carbonyl (C=O) groups is 1. The maximum absolute atomic E-state index is 11.2. The van der Waals surface area contributed by atoms with E-state index in [0.29, 0.717) is 30.5 Å². The number of nitrogens with one attached hydrogen (secondary N) is 1. The van der Waals surface area contributed by atoms with Gasteiger partial charge in [-0.1, -0.05) is 0 Å². The third kappa shape index (κ3) is 7.18. The predicted molar refractivity (Wildman–Crippen MR) is 113 cm³/mol. The molecule has 0 aliphatic carbocycles. The summed E-state index contributed by atoms with van der Waals surface area (Å²) in [7, 11) is 0.786. The van der Waals surface area contributed by atoms with Crippen LogP contribution in [-0.4, -0.2) is 73.6 Å². The van der Waals surface area contributed by atoms with E-state index in [1.54, 1.807) is 14.0 Å². The number of hydrogen-bond donors (Lipinski definition) is 3. The highest BCUT2D eigenvalue weighted by molar-refractivity contribution is 7.40. The third-order valence-electron chi connectivity index (χ3n) is 4.37. The molecule has 0 saturated heterocycles. The first-order valence-electron chi connectivity index (χ1n) is 9.65. The second kappa shape index (κ2) is 12.0. The highest BCUT2D eigenvalue weighted by atomic mass is 31.2. The first-order chi connectivity index (χ1) is 14.8. The molecule has 1 aliphatic rings. The van der Waals surface area contributed by atoms with Crippen LogP contribution in [0.3, 0.4) is 0 Å². The molecule has 0 radical (unpaired) electrons. The lowest BCUT2D eigenvalue weighted by Crippen LogP contribution is -2.37. The van der Waals surface area contributed by atoms with Crippen molar-refractivity contribution >= 4 is 32.2 Å². The number of nitrogen functional groups attached to an aromatic ring is 1. The molecule has 0 spiro atoms. The van der Waals surface area contributed by atoms with Gasteiger partial charge < -0.3 is 44.3 Å². The van der Waals surface area contributed by atoms with Gasteiger partial charge in [0.05, 0.1) is 33.1 Å². The highest BCUT2D eigenvalue weighted by Crippen LogP contribution is 2.39.